The molecule has 0 radical (unpaired) electrons. The molecule has 0 unspecified atom stereocenters. The largest absolute Gasteiger partial charge is 0.396 e. The smallest absolute Gasteiger partial charge is 0.0445 e. The summed E-state index contributed by atoms with van der Waals surface area (Å²) in [4.78, 5) is 2.61. The number of fused-ring (bicyclic) bond motifs is 1. The standard InChI is InChI=1S/C9H17NO/c11-7-5-9-4-3-8-2-1-6-10(8)9/h8-9,11H,1-7H2/t8-,9-/m0/s1. The maximum absolute atomic E-state index is 8.82. The zero-order valence-electron chi connectivity index (χ0n) is 7.00. The monoisotopic (exact) mass is 155 g/mol. The van der Waals surface area contributed by atoms with E-state index in [1.165, 1.54) is 32.2 Å². The molecule has 64 valence electrons. The summed E-state index contributed by atoms with van der Waals surface area (Å²) in [6, 6.07) is 1.60. The zero-order valence-corrected chi connectivity index (χ0v) is 7.00. The number of aliphatic hydroxyl groups is 1. The third-order valence-corrected chi connectivity index (χ3v) is 3.19. The normalized spacial score (nSPS) is 37.9. The lowest BCUT2D eigenvalue weighted by Crippen LogP contribution is -2.31. The first-order chi connectivity index (χ1) is 5.42. The van der Waals surface area contributed by atoms with Gasteiger partial charge < -0.3 is 5.11 Å². The summed E-state index contributed by atoms with van der Waals surface area (Å²) in [7, 11) is 0. The molecule has 2 heterocycles. The molecular formula is C9H17NO. The minimum Gasteiger partial charge on any atom is -0.396 e. The fourth-order valence-corrected chi connectivity index (χ4v) is 2.66. The summed E-state index contributed by atoms with van der Waals surface area (Å²) < 4.78 is 0. The quantitative estimate of drug-likeness (QED) is 0.643. The van der Waals surface area contributed by atoms with E-state index in [1.54, 1.807) is 0 Å². The Kier molecular flexibility index (Phi) is 2.14. The summed E-state index contributed by atoms with van der Waals surface area (Å²) in [5.74, 6) is 0. The Morgan fingerprint density at radius 2 is 2.18 bits per heavy atom. The summed E-state index contributed by atoms with van der Waals surface area (Å²) >= 11 is 0. The molecule has 2 heteroatoms. The molecule has 0 saturated carbocycles. The first kappa shape index (κ1) is 7.56. The highest BCUT2D eigenvalue weighted by atomic mass is 16.3. The van der Waals surface area contributed by atoms with E-state index in [4.69, 9.17) is 5.11 Å². The van der Waals surface area contributed by atoms with Gasteiger partial charge in [-0.25, -0.2) is 0 Å². The average molecular weight is 155 g/mol. The van der Waals surface area contributed by atoms with Crippen LogP contribution in [0, 0.1) is 0 Å². The van der Waals surface area contributed by atoms with Crippen molar-refractivity contribution in [3.63, 3.8) is 0 Å². The molecule has 0 aliphatic carbocycles. The van der Waals surface area contributed by atoms with E-state index in [0.717, 1.165) is 12.5 Å². The third-order valence-electron chi connectivity index (χ3n) is 3.19. The van der Waals surface area contributed by atoms with Crippen LogP contribution in [0.3, 0.4) is 0 Å². The van der Waals surface area contributed by atoms with Crippen LogP contribution in [0.15, 0.2) is 0 Å². The van der Waals surface area contributed by atoms with E-state index >= 15 is 0 Å². The van der Waals surface area contributed by atoms with Crippen LogP contribution in [-0.2, 0) is 0 Å². The second-order valence-electron chi connectivity index (χ2n) is 3.78. The molecule has 0 aromatic heterocycles. The van der Waals surface area contributed by atoms with E-state index in [1.807, 2.05) is 0 Å². The van der Waals surface area contributed by atoms with Gasteiger partial charge in [0.15, 0.2) is 0 Å². The van der Waals surface area contributed by atoms with Crippen molar-refractivity contribution in [2.24, 2.45) is 0 Å². The average Bonchev–Trinajstić information content (AvgIpc) is 2.53. The second-order valence-corrected chi connectivity index (χ2v) is 3.78. The highest BCUT2D eigenvalue weighted by Gasteiger charge is 2.35. The third kappa shape index (κ3) is 1.30. The van der Waals surface area contributed by atoms with Crippen LogP contribution in [0.2, 0.25) is 0 Å². The molecule has 1 N–H and O–H groups in total. The van der Waals surface area contributed by atoms with Crippen LogP contribution in [0.5, 0.6) is 0 Å². The van der Waals surface area contributed by atoms with Crippen molar-refractivity contribution in [1.29, 1.82) is 0 Å². The van der Waals surface area contributed by atoms with Crippen LogP contribution in [0.25, 0.3) is 0 Å². The molecule has 2 aliphatic rings. The fraction of sp³-hybridized carbons (Fsp3) is 1.00. The van der Waals surface area contributed by atoms with E-state index in [0.29, 0.717) is 12.6 Å². The Morgan fingerprint density at radius 1 is 1.27 bits per heavy atom. The highest BCUT2D eigenvalue weighted by Crippen LogP contribution is 2.33. The van der Waals surface area contributed by atoms with Gasteiger partial charge in [0.2, 0.25) is 0 Å². The number of hydrogen-bond donors (Lipinski definition) is 1. The topological polar surface area (TPSA) is 23.5 Å². The summed E-state index contributed by atoms with van der Waals surface area (Å²) in [5.41, 5.74) is 0. The van der Waals surface area contributed by atoms with Crippen LogP contribution in [-0.4, -0.2) is 35.2 Å². The van der Waals surface area contributed by atoms with Gasteiger partial charge in [0.1, 0.15) is 0 Å². The molecule has 2 nitrogen and oxygen atoms in total. The van der Waals surface area contributed by atoms with Crippen molar-refractivity contribution >= 4 is 0 Å². The van der Waals surface area contributed by atoms with Crippen LogP contribution < -0.4 is 0 Å². The summed E-state index contributed by atoms with van der Waals surface area (Å²) in [6.07, 6.45) is 6.49. The molecule has 2 fully saturated rings. The predicted octanol–water partition coefficient (Wildman–Crippen LogP) is 0.996. The first-order valence-electron chi connectivity index (χ1n) is 4.78. The molecule has 0 aromatic carbocycles. The first-order valence-corrected chi connectivity index (χ1v) is 4.78. The van der Waals surface area contributed by atoms with Crippen molar-refractivity contribution in [2.45, 2.75) is 44.2 Å². The predicted molar refractivity (Wildman–Crippen MR) is 44.5 cm³/mol. The van der Waals surface area contributed by atoms with E-state index < -0.39 is 0 Å². The van der Waals surface area contributed by atoms with Gasteiger partial charge in [0.05, 0.1) is 0 Å². The molecule has 0 spiro atoms. The van der Waals surface area contributed by atoms with Crippen LogP contribution in [0.4, 0.5) is 0 Å². The van der Waals surface area contributed by atoms with Crippen molar-refractivity contribution in [2.75, 3.05) is 13.2 Å². The lowest BCUT2D eigenvalue weighted by atomic mass is 10.1. The molecule has 0 amide bonds. The Morgan fingerprint density at radius 3 is 3.00 bits per heavy atom. The van der Waals surface area contributed by atoms with Crippen molar-refractivity contribution in [3.05, 3.63) is 0 Å². The number of rotatable bonds is 2. The second kappa shape index (κ2) is 3.11. The maximum atomic E-state index is 8.82. The van der Waals surface area contributed by atoms with Gasteiger partial charge in [-0.15, -0.1) is 0 Å². The number of hydrogen-bond acceptors (Lipinski definition) is 2. The Bertz CT molecular complexity index is 136. The van der Waals surface area contributed by atoms with Gasteiger partial charge in [0, 0.05) is 18.7 Å². The zero-order chi connectivity index (χ0) is 7.68. The minimum absolute atomic E-state index is 0.369. The maximum Gasteiger partial charge on any atom is 0.0445 e. The SMILES string of the molecule is OCC[C@@H]1CC[C@@H]2CCCN12. The van der Waals surface area contributed by atoms with Crippen LogP contribution >= 0.6 is 0 Å². The summed E-state index contributed by atoms with van der Waals surface area (Å²) in [6.45, 7) is 1.66. The molecule has 2 saturated heterocycles. The van der Waals surface area contributed by atoms with Gasteiger partial charge in [-0.3, -0.25) is 4.90 Å². The molecule has 0 aromatic rings. The molecule has 11 heavy (non-hydrogen) atoms. The molecule has 2 atom stereocenters. The van der Waals surface area contributed by atoms with Crippen molar-refractivity contribution in [1.82, 2.24) is 4.90 Å². The highest BCUT2D eigenvalue weighted by molar-refractivity contribution is 4.91. The van der Waals surface area contributed by atoms with E-state index in [9.17, 15) is 0 Å². The van der Waals surface area contributed by atoms with Gasteiger partial charge in [-0.2, -0.15) is 0 Å². The van der Waals surface area contributed by atoms with Gasteiger partial charge in [-0.05, 0) is 38.6 Å². The van der Waals surface area contributed by atoms with E-state index in [2.05, 4.69) is 4.90 Å². The number of aliphatic hydroxyl groups excluding tert-OH is 1. The fourth-order valence-electron chi connectivity index (χ4n) is 2.66. The van der Waals surface area contributed by atoms with Crippen molar-refractivity contribution < 1.29 is 5.11 Å². The molecule has 2 rings (SSSR count). The molecule has 2 aliphatic heterocycles. The minimum atomic E-state index is 0.369. The molecular weight excluding hydrogens is 138 g/mol. The Hall–Kier alpha value is -0.0800. The van der Waals surface area contributed by atoms with Crippen LogP contribution in [0.1, 0.15) is 32.1 Å². The lowest BCUT2D eigenvalue weighted by Gasteiger charge is -2.22. The van der Waals surface area contributed by atoms with Gasteiger partial charge in [-0.1, -0.05) is 0 Å². The Labute approximate surface area is 68.2 Å². The number of nitrogens with zero attached hydrogens (tertiary/aromatic N) is 1. The lowest BCUT2D eigenvalue weighted by molar-refractivity contribution is 0.191. The Balaban J connectivity index is 1.92. The summed E-state index contributed by atoms with van der Waals surface area (Å²) in [5, 5.41) is 8.82. The van der Waals surface area contributed by atoms with Crippen molar-refractivity contribution in [3.8, 4) is 0 Å². The van der Waals surface area contributed by atoms with Gasteiger partial charge in [0.25, 0.3) is 0 Å². The van der Waals surface area contributed by atoms with Gasteiger partial charge >= 0.3 is 0 Å². The van der Waals surface area contributed by atoms with E-state index in [-0.39, 0.29) is 0 Å². The molecule has 0 bridgehead atoms.